The zero-order valence-corrected chi connectivity index (χ0v) is 32.8. The summed E-state index contributed by atoms with van der Waals surface area (Å²) in [6.07, 6.45) is 0. The third-order valence-corrected chi connectivity index (χ3v) is 10.7. The van der Waals surface area contributed by atoms with Gasteiger partial charge in [-0.2, -0.15) is 0 Å². The summed E-state index contributed by atoms with van der Waals surface area (Å²) in [7, 11) is 0. The molecule has 0 aliphatic heterocycles. The fourth-order valence-corrected chi connectivity index (χ4v) is 7.86. The Morgan fingerprint density at radius 2 is 0.845 bits per heavy atom. The van der Waals surface area contributed by atoms with Crippen molar-refractivity contribution in [2.24, 2.45) is 0 Å². The molecule has 0 N–H and O–H groups in total. The molecule has 0 spiro atoms. The Balaban J connectivity index is 0.000000192. The Bertz CT molecular complexity index is 2940. The van der Waals surface area contributed by atoms with Gasteiger partial charge >= 0.3 is 0 Å². The quantitative estimate of drug-likeness (QED) is 0.170. The van der Waals surface area contributed by atoms with Gasteiger partial charge in [-0.1, -0.05) is 170 Å². The van der Waals surface area contributed by atoms with Crippen molar-refractivity contribution in [2.75, 3.05) is 0 Å². The van der Waals surface area contributed by atoms with Gasteiger partial charge in [-0.25, -0.2) is 15.0 Å². The van der Waals surface area contributed by atoms with Crippen molar-refractivity contribution in [1.29, 1.82) is 0 Å². The van der Waals surface area contributed by atoms with E-state index in [9.17, 15) is 0 Å². The van der Waals surface area contributed by atoms with Crippen LogP contribution in [0.15, 0.2) is 200 Å². The monoisotopic (exact) mass is 746 g/mol. The number of fused-ring (bicyclic) bond motifs is 3. The molecule has 4 heteroatoms. The Kier molecular flexibility index (Phi) is 9.97. The van der Waals surface area contributed by atoms with Gasteiger partial charge in [-0.15, -0.1) is 0 Å². The highest BCUT2D eigenvalue weighted by Crippen LogP contribution is 2.41. The summed E-state index contributed by atoms with van der Waals surface area (Å²) in [5.74, 6) is 2.16. The summed E-state index contributed by atoms with van der Waals surface area (Å²) in [4.78, 5) is 13.4. The minimum atomic E-state index is 0.715. The van der Waals surface area contributed by atoms with Crippen LogP contribution in [-0.4, -0.2) is 19.5 Å². The standard InChI is InChI=1S/C38H29N.C16H13N3/c1-26-18-19-30(28-12-6-3-7-13-28)24-35(26)33-21-22-34-36-25-31(29-14-8-4-9-15-29)20-23-37(36)39(38(34)27(33)2)32-16-10-5-11-17-32;1-12-17-15(13-8-4-2-5-9-13)19-16(18-12)14-10-6-3-7-11-14/h3-25H,1-2H3;2-11H,1H3. The molecular weight excluding hydrogens is 705 g/mol. The van der Waals surface area contributed by atoms with Crippen molar-refractivity contribution in [2.45, 2.75) is 20.8 Å². The van der Waals surface area contributed by atoms with Gasteiger partial charge in [-0.05, 0) is 95.6 Å². The highest BCUT2D eigenvalue weighted by Gasteiger charge is 2.19. The fourth-order valence-electron chi connectivity index (χ4n) is 7.86. The lowest BCUT2D eigenvalue weighted by Gasteiger charge is -2.15. The van der Waals surface area contributed by atoms with Gasteiger partial charge in [0.25, 0.3) is 0 Å². The topological polar surface area (TPSA) is 43.6 Å². The molecule has 4 nitrogen and oxygen atoms in total. The molecule has 2 heterocycles. The van der Waals surface area contributed by atoms with Crippen molar-refractivity contribution < 1.29 is 0 Å². The van der Waals surface area contributed by atoms with E-state index >= 15 is 0 Å². The van der Waals surface area contributed by atoms with Crippen LogP contribution in [0.25, 0.3) is 83.6 Å². The molecule has 0 unspecified atom stereocenters. The first kappa shape index (κ1) is 36.2. The van der Waals surface area contributed by atoms with E-state index in [2.05, 4.69) is 173 Å². The second-order valence-electron chi connectivity index (χ2n) is 14.6. The van der Waals surface area contributed by atoms with Crippen LogP contribution in [0.2, 0.25) is 0 Å². The first-order valence-electron chi connectivity index (χ1n) is 19.7. The first-order valence-corrected chi connectivity index (χ1v) is 19.7. The summed E-state index contributed by atoms with van der Waals surface area (Å²) in [6, 6.07) is 70.3. The normalized spacial score (nSPS) is 11.0. The molecule has 278 valence electrons. The van der Waals surface area contributed by atoms with Gasteiger partial charge in [0.2, 0.25) is 0 Å². The lowest BCUT2D eigenvalue weighted by molar-refractivity contribution is 0.992. The number of aromatic nitrogens is 4. The summed E-state index contributed by atoms with van der Waals surface area (Å²) >= 11 is 0. The maximum absolute atomic E-state index is 4.55. The summed E-state index contributed by atoms with van der Waals surface area (Å²) < 4.78 is 2.44. The number of hydrogen-bond acceptors (Lipinski definition) is 3. The second-order valence-corrected chi connectivity index (χ2v) is 14.6. The van der Waals surface area contributed by atoms with Gasteiger partial charge in [0.05, 0.1) is 11.0 Å². The van der Waals surface area contributed by atoms with Crippen LogP contribution in [0.1, 0.15) is 17.0 Å². The number of para-hydroxylation sites is 1. The third kappa shape index (κ3) is 7.20. The van der Waals surface area contributed by atoms with E-state index in [0.717, 1.165) is 17.0 Å². The van der Waals surface area contributed by atoms with Crippen LogP contribution in [-0.2, 0) is 0 Å². The van der Waals surface area contributed by atoms with Crippen molar-refractivity contribution in [3.05, 3.63) is 217 Å². The van der Waals surface area contributed by atoms with E-state index in [1.807, 2.05) is 67.6 Å². The predicted molar refractivity (Wildman–Crippen MR) is 242 cm³/mol. The van der Waals surface area contributed by atoms with Gasteiger partial charge < -0.3 is 4.57 Å². The fraction of sp³-hybridized carbons (Fsp3) is 0.0556. The van der Waals surface area contributed by atoms with Gasteiger partial charge in [0.1, 0.15) is 5.82 Å². The molecule has 0 fully saturated rings. The maximum Gasteiger partial charge on any atom is 0.163 e. The second kappa shape index (κ2) is 16.0. The Labute approximate surface area is 339 Å². The number of rotatable bonds is 6. The van der Waals surface area contributed by atoms with Crippen LogP contribution in [0.4, 0.5) is 0 Å². The molecule has 10 rings (SSSR count). The van der Waals surface area contributed by atoms with Crippen LogP contribution >= 0.6 is 0 Å². The number of aryl methyl sites for hydroxylation is 3. The molecule has 8 aromatic carbocycles. The molecule has 0 atom stereocenters. The molecule has 0 saturated heterocycles. The van der Waals surface area contributed by atoms with E-state index < -0.39 is 0 Å². The highest BCUT2D eigenvalue weighted by atomic mass is 15.0. The molecule has 0 saturated carbocycles. The smallest absolute Gasteiger partial charge is 0.163 e. The van der Waals surface area contributed by atoms with E-state index in [-0.39, 0.29) is 0 Å². The van der Waals surface area contributed by atoms with Crippen LogP contribution in [0.3, 0.4) is 0 Å². The van der Waals surface area contributed by atoms with Gasteiger partial charge in [0, 0.05) is 27.6 Å². The molecule has 10 aromatic rings. The largest absolute Gasteiger partial charge is 0.309 e. The lowest BCUT2D eigenvalue weighted by Crippen LogP contribution is -1.99. The lowest BCUT2D eigenvalue weighted by atomic mass is 9.91. The van der Waals surface area contributed by atoms with Crippen molar-refractivity contribution in [1.82, 2.24) is 19.5 Å². The van der Waals surface area contributed by atoms with E-state index in [1.165, 1.54) is 72.0 Å². The van der Waals surface area contributed by atoms with Crippen LogP contribution in [0.5, 0.6) is 0 Å². The zero-order chi connectivity index (χ0) is 39.4. The van der Waals surface area contributed by atoms with Crippen molar-refractivity contribution >= 4 is 21.8 Å². The molecule has 0 aliphatic carbocycles. The highest BCUT2D eigenvalue weighted by molar-refractivity contribution is 6.12. The van der Waals surface area contributed by atoms with Crippen LogP contribution < -0.4 is 0 Å². The van der Waals surface area contributed by atoms with E-state index in [1.54, 1.807) is 0 Å². The van der Waals surface area contributed by atoms with E-state index in [4.69, 9.17) is 0 Å². The number of benzene rings is 8. The molecule has 0 amide bonds. The summed E-state index contributed by atoms with van der Waals surface area (Å²) in [6.45, 7) is 6.38. The van der Waals surface area contributed by atoms with Gasteiger partial charge in [0.15, 0.2) is 11.6 Å². The van der Waals surface area contributed by atoms with E-state index in [0.29, 0.717) is 11.6 Å². The molecule has 0 radical (unpaired) electrons. The van der Waals surface area contributed by atoms with Gasteiger partial charge in [-0.3, -0.25) is 0 Å². The van der Waals surface area contributed by atoms with Crippen molar-refractivity contribution in [3.8, 4) is 61.8 Å². The third-order valence-electron chi connectivity index (χ3n) is 10.7. The molecule has 2 aromatic heterocycles. The number of hydrogen-bond donors (Lipinski definition) is 0. The Morgan fingerprint density at radius 3 is 1.40 bits per heavy atom. The average molecular weight is 747 g/mol. The summed E-state index contributed by atoms with van der Waals surface area (Å²) in [5.41, 5.74) is 15.8. The molecule has 0 aliphatic rings. The molecular formula is C54H42N4. The average Bonchev–Trinajstić information content (AvgIpc) is 3.63. The predicted octanol–water partition coefficient (Wildman–Crippen LogP) is 13.9. The Hall–Kier alpha value is -7.43. The number of nitrogens with zero attached hydrogens (tertiary/aromatic N) is 4. The summed E-state index contributed by atoms with van der Waals surface area (Å²) in [5, 5.41) is 2.56. The first-order chi connectivity index (χ1) is 28.5. The SMILES string of the molecule is Cc1ccc(-c2ccccc2)cc1-c1ccc2c3cc(-c4ccccc4)ccc3n(-c3ccccc3)c2c1C.Cc1nc(-c2ccccc2)nc(-c2ccccc2)n1. The molecule has 58 heavy (non-hydrogen) atoms. The minimum Gasteiger partial charge on any atom is -0.309 e. The minimum absolute atomic E-state index is 0.715. The maximum atomic E-state index is 4.55. The van der Waals surface area contributed by atoms with Crippen molar-refractivity contribution in [3.63, 3.8) is 0 Å². The Morgan fingerprint density at radius 1 is 0.362 bits per heavy atom. The molecule has 0 bridgehead atoms. The van der Waals surface area contributed by atoms with Crippen LogP contribution in [0, 0.1) is 20.8 Å². The zero-order valence-electron chi connectivity index (χ0n) is 32.8.